The van der Waals surface area contributed by atoms with Crippen LogP contribution < -0.4 is 4.90 Å². The number of hydrogen-bond donors (Lipinski definition) is 0. The first kappa shape index (κ1) is 16.8. The number of pyridine rings is 1. The van der Waals surface area contributed by atoms with Crippen LogP contribution in [0.25, 0.3) is 5.65 Å². The number of nitrogens with zero attached hydrogens (tertiary/aromatic N) is 3. The molecule has 0 N–H and O–H groups in total. The zero-order valence-electron chi connectivity index (χ0n) is 14.1. The summed E-state index contributed by atoms with van der Waals surface area (Å²) in [6, 6.07) is 9.57. The molecule has 1 aliphatic heterocycles. The molecule has 4 rings (SSSR count). The Hall–Kier alpha value is -2.07. The summed E-state index contributed by atoms with van der Waals surface area (Å²) in [6.07, 6.45) is 2.92. The molecular weight excluding hydrogens is 325 g/mol. The van der Waals surface area contributed by atoms with Crippen LogP contribution in [0.5, 0.6) is 0 Å². The second-order valence-electron chi connectivity index (χ2n) is 6.33. The topological polar surface area (TPSA) is 20.5 Å². The van der Waals surface area contributed by atoms with Gasteiger partial charge in [-0.1, -0.05) is 6.07 Å². The van der Waals surface area contributed by atoms with Crippen LogP contribution in [0.15, 0.2) is 36.5 Å². The largest absolute Gasteiger partial charge is 0.361 e. The van der Waals surface area contributed by atoms with Crippen molar-refractivity contribution in [2.75, 3.05) is 11.4 Å². The number of fused-ring (bicyclic) bond motifs is 2. The zero-order chi connectivity index (χ0) is 16.1. The Bertz CT molecular complexity index is 903. The van der Waals surface area contributed by atoms with Crippen LogP contribution in [0.3, 0.4) is 0 Å². The molecule has 0 aliphatic carbocycles. The van der Waals surface area contributed by atoms with Crippen molar-refractivity contribution in [2.24, 2.45) is 0 Å². The lowest BCUT2D eigenvalue weighted by atomic mass is 9.93. The molecule has 1 aliphatic rings. The van der Waals surface area contributed by atoms with Crippen molar-refractivity contribution in [1.82, 2.24) is 9.38 Å². The number of anilines is 1. The summed E-state index contributed by atoms with van der Waals surface area (Å²) in [4.78, 5) is 7.13. The molecule has 3 nitrogen and oxygen atoms in total. The van der Waals surface area contributed by atoms with E-state index < -0.39 is 0 Å². The standard InChI is InChI=1S/C19H20FN3.ClH/c1-12-13(2)23-9-4-5-18(19(23)21-12)22-10-8-15-11-16(20)6-7-17(15)14(22)3;/h4-7,9,11,14H,8,10H2,1-3H3;1H. The first-order chi connectivity index (χ1) is 11.1. The minimum Gasteiger partial charge on any atom is -0.361 e. The first-order valence-electron chi connectivity index (χ1n) is 8.05. The number of imidazole rings is 1. The van der Waals surface area contributed by atoms with Gasteiger partial charge in [0.25, 0.3) is 0 Å². The van der Waals surface area contributed by atoms with E-state index in [1.165, 1.54) is 11.3 Å². The SMILES string of the molecule is Cc1nc2c(N3CCc4cc(F)ccc4C3C)cccn2c1C.Cl. The van der Waals surface area contributed by atoms with Gasteiger partial charge in [-0.25, -0.2) is 9.37 Å². The molecule has 0 bridgehead atoms. The van der Waals surface area contributed by atoms with E-state index in [0.717, 1.165) is 35.6 Å². The molecule has 3 heterocycles. The van der Waals surface area contributed by atoms with Gasteiger partial charge >= 0.3 is 0 Å². The molecule has 0 saturated carbocycles. The van der Waals surface area contributed by atoms with Gasteiger partial charge in [-0.2, -0.15) is 0 Å². The number of rotatable bonds is 1. The van der Waals surface area contributed by atoms with Crippen LogP contribution in [0.4, 0.5) is 10.1 Å². The van der Waals surface area contributed by atoms with Crippen LogP contribution in [-0.4, -0.2) is 15.9 Å². The highest BCUT2D eigenvalue weighted by molar-refractivity contribution is 5.85. The number of hydrogen-bond acceptors (Lipinski definition) is 2. The van der Waals surface area contributed by atoms with Crippen molar-refractivity contribution < 1.29 is 4.39 Å². The van der Waals surface area contributed by atoms with Gasteiger partial charge in [0.15, 0.2) is 5.65 Å². The molecule has 0 amide bonds. The second kappa shape index (κ2) is 6.10. The van der Waals surface area contributed by atoms with Crippen molar-refractivity contribution in [2.45, 2.75) is 33.2 Å². The predicted octanol–water partition coefficient (Wildman–Crippen LogP) is 4.64. The quantitative estimate of drug-likeness (QED) is 0.640. The monoisotopic (exact) mass is 345 g/mol. The van der Waals surface area contributed by atoms with Crippen LogP contribution >= 0.6 is 12.4 Å². The fraction of sp³-hybridized carbons (Fsp3) is 0.316. The van der Waals surface area contributed by atoms with Gasteiger partial charge in [0, 0.05) is 18.4 Å². The van der Waals surface area contributed by atoms with Crippen LogP contribution in [0.1, 0.15) is 35.5 Å². The van der Waals surface area contributed by atoms with Crippen LogP contribution in [0, 0.1) is 19.7 Å². The van der Waals surface area contributed by atoms with E-state index in [0.29, 0.717) is 0 Å². The summed E-state index contributed by atoms with van der Waals surface area (Å²) < 4.78 is 15.6. The van der Waals surface area contributed by atoms with E-state index in [1.54, 1.807) is 12.1 Å². The summed E-state index contributed by atoms with van der Waals surface area (Å²) in [5.74, 6) is -0.147. The highest BCUT2D eigenvalue weighted by atomic mass is 35.5. The number of benzene rings is 1. The average molecular weight is 346 g/mol. The lowest BCUT2D eigenvalue weighted by Crippen LogP contribution is -2.34. The van der Waals surface area contributed by atoms with Crippen molar-refractivity contribution in [3.05, 3.63) is 64.9 Å². The van der Waals surface area contributed by atoms with Gasteiger partial charge in [0.2, 0.25) is 0 Å². The Morgan fingerprint density at radius 3 is 2.79 bits per heavy atom. The summed E-state index contributed by atoms with van der Waals surface area (Å²) >= 11 is 0. The third-order valence-electron chi connectivity index (χ3n) is 5.06. The van der Waals surface area contributed by atoms with Crippen molar-refractivity contribution in [3.63, 3.8) is 0 Å². The molecule has 0 spiro atoms. The number of aromatic nitrogens is 2. The lowest BCUT2D eigenvalue weighted by Gasteiger charge is -2.37. The minimum absolute atomic E-state index is 0. The summed E-state index contributed by atoms with van der Waals surface area (Å²) in [7, 11) is 0. The van der Waals surface area contributed by atoms with Gasteiger partial charge in [-0.15, -0.1) is 12.4 Å². The molecule has 3 aromatic rings. The maximum absolute atomic E-state index is 13.5. The summed E-state index contributed by atoms with van der Waals surface area (Å²) in [5, 5.41) is 0. The van der Waals surface area contributed by atoms with E-state index in [1.807, 2.05) is 13.0 Å². The summed E-state index contributed by atoms with van der Waals surface area (Å²) in [5.41, 5.74) is 6.71. The molecule has 0 fully saturated rings. The fourth-order valence-corrected chi connectivity index (χ4v) is 3.64. The zero-order valence-corrected chi connectivity index (χ0v) is 14.9. The maximum atomic E-state index is 13.5. The molecular formula is C19H21ClFN3. The molecule has 126 valence electrons. The Morgan fingerprint density at radius 1 is 1.21 bits per heavy atom. The third kappa shape index (κ3) is 2.46. The molecule has 2 aromatic heterocycles. The van der Waals surface area contributed by atoms with Gasteiger partial charge in [-0.05, 0) is 62.6 Å². The Balaban J connectivity index is 0.00000169. The van der Waals surface area contributed by atoms with Crippen LogP contribution in [0.2, 0.25) is 0 Å². The fourth-order valence-electron chi connectivity index (χ4n) is 3.64. The minimum atomic E-state index is -0.147. The Labute approximate surface area is 147 Å². The molecule has 1 unspecified atom stereocenters. The number of aryl methyl sites for hydroxylation is 2. The van der Waals surface area contributed by atoms with E-state index in [2.05, 4.69) is 41.5 Å². The van der Waals surface area contributed by atoms with Crippen LogP contribution in [-0.2, 0) is 6.42 Å². The normalized spacial score (nSPS) is 16.8. The smallest absolute Gasteiger partial charge is 0.160 e. The first-order valence-corrected chi connectivity index (χ1v) is 8.05. The van der Waals surface area contributed by atoms with Gasteiger partial charge in [0.1, 0.15) is 5.82 Å². The van der Waals surface area contributed by atoms with E-state index in [4.69, 9.17) is 4.98 Å². The Morgan fingerprint density at radius 2 is 2.00 bits per heavy atom. The van der Waals surface area contributed by atoms with Crippen molar-refractivity contribution in [1.29, 1.82) is 0 Å². The lowest BCUT2D eigenvalue weighted by molar-refractivity contribution is 0.598. The molecule has 0 radical (unpaired) electrons. The molecule has 0 saturated heterocycles. The van der Waals surface area contributed by atoms with Gasteiger partial charge in [0.05, 0.1) is 17.4 Å². The van der Waals surface area contributed by atoms with Gasteiger partial charge < -0.3 is 9.30 Å². The predicted molar refractivity (Wildman–Crippen MR) is 97.8 cm³/mol. The van der Waals surface area contributed by atoms with E-state index >= 15 is 0 Å². The van der Waals surface area contributed by atoms with E-state index in [-0.39, 0.29) is 24.3 Å². The molecule has 1 aromatic carbocycles. The summed E-state index contributed by atoms with van der Waals surface area (Å²) in [6.45, 7) is 7.20. The van der Waals surface area contributed by atoms with E-state index in [9.17, 15) is 4.39 Å². The highest BCUT2D eigenvalue weighted by Gasteiger charge is 2.26. The Kier molecular flexibility index (Phi) is 4.26. The highest BCUT2D eigenvalue weighted by Crippen LogP contribution is 2.35. The third-order valence-corrected chi connectivity index (χ3v) is 5.06. The van der Waals surface area contributed by atoms with Crippen molar-refractivity contribution in [3.8, 4) is 0 Å². The average Bonchev–Trinajstić information content (AvgIpc) is 2.83. The number of halogens is 2. The maximum Gasteiger partial charge on any atom is 0.160 e. The van der Waals surface area contributed by atoms with Crippen molar-refractivity contribution >= 4 is 23.7 Å². The molecule has 1 atom stereocenters. The molecule has 24 heavy (non-hydrogen) atoms. The molecule has 5 heteroatoms. The second-order valence-corrected chi connectivity index (χ2v) is 6.33. The van der Waals surface area contributed by atoms with Gasteiger partial charge in [-0.3, -0.25) is 0 Å².